The third kappa shape index (κ3) is 53.0. The zero-order chi connectivity index (χ0) is 104. The molecule has 1 unspecified atom stereocenters. The zero-order valence-corrected chi connectivity index (χ0v) is 81.4. The van der Waals surface area contributed by atoms with E-state index in [1.807, 2.05) is 20.8 Å². The van der Waals surface area contributed by atoms with Gasteiger partial charge in [-0.2, -0.15) is 0 Å². The van der Waals surface area contributed by atoms with E-state index >= 15 is 0 Å². The van der Waals surface area contributed by atoms with Crippen LogP contribution in [-0.2, 0) is 114 Å². The van der Waals surface area contributed by atoms with Crippen LogP contribution in [0.25, 0.3) is 10.9 Å². The molecule has 49 heteroatoms. The van der Waals surface area contributed by atoms with Crippen molar-refractivity contribution in [3.8, 4) is 0 Å². The van der Waals surface area contributed by atoms with E-state index in [0.717, 1.165) is 6.42 Å². The molecule has 0 aliphatic heterocycles. The van der Waals surface area contributed by atoms with Gasteiger partial charge in [-0.25, -0.2) is 25.2 Å². The van der Waals surface area contributed by atoms with Gasteiger partial charge in [-0.3, -0.25) is 122 Å². The molecule has 0 radical (unpaired) electrons. The Labute approximate surface area is 813 Å². The Morgan fingerprint density at radius 1 is 0.379 bits per heavy atom. The molecular weight excluding hydrogens is 1830 g/mol. The minimum Gasteiger partial charge on any atom is -0.370 e. The molecule has 49 nitrogen and oxygen atoms in total. The molecular formula is C91H148N24O25. The van der Waals surface area contributed by atoms with Crippen molar-refractivity contribution in [2.24, 2.45) is 23.3 Å². The highest BCUT2D eigenvalue weighted by Crippen LogP contribution is 2.21. The number of hydrogen-bond acceptors (Lipinski definition) is 26. The van der Waals surface area contributed by atoms with E-state index in [0.29, 0.717) is 132 Å². The summed E-state index contributed by atoms with van der Waals surface area (Å²) in [6.07, 6.45) is 9.07. The molecule has 7 atom stereocenters. The Kier molecular flexibility index (Phi) is 59.3. The number of primary amides is 2. The van der Waals surface area contributed by atoms with E-state index in [9.17, 15) is 122 Å². The summed E-state index contributed by atoms with van der Waals surface area (Å²) < 4.78 is 0. The van der Waals surface area contributed by atoms with Crippen LogP contribution in [0.15, 0.2) is 43.0 Å². The second-order valence-electron chi connectivity index (χ2n) is 34.7. The van der Waals surface area contributed by atoms with E-state index in [1.54, 1.807) is 44.3 Å². The number of unbranched alkanes of at least 4 members (excludes halogenated alkanes) is 9. The van der Waals surface area contributed by atoms with Crippen molar-refractivity contribution in [3.63, 3.8) is 0 Å². The minimum absolute atomic E-state index is 0.00439. The third-order valence-electron chi connectivity index (χ3n) is 22.0. The van der Waals surface area contributed by atoms with Gasteiger partial charge in [-0.1, -0.05) is 65.7 Å². The molecule has 3 rings (SSSR count). The highest BCUT2D eigenvalue weighted by atomic mass is 16.5. The smallest absolute Gasteiger partial charge is 0.246 e. The number of aromatic nitrogens is 3. The average molecular weight is 1980 g/mol. The Balaban J connectivity index is 1.31. The lowest BCUT2D eigenvalue weighted by atomic mass is 10.0. The quantitative estimate of drug-likeness (QED) is 0.0174. The molecule has 2 aromatic heterocycles. The number of H-pyrrole nitrogens is 2. The fourth-order valence-electron chi connectivity index (χ4n) is 13.8. The summed E-state index contributed by atoms with van der Waals surface area (Å²) >= 11 is 0. The molecule has 0 saturated heterocycles. The van der Waals surface area contributed by atoms with E-state index in [2.05, 4.69) is 94.7 Å². The average Bonchev–Trinajstić information content (AvgIpc) is 1.68. The Bertz CT molecular complexity index is 4490. The molecule has 2 heterocycles. The predicted octanol–water partition coefficient (Wildman–Crippen LogP) is -1.47. The molecule has 0 spiro atoms. The molecule has 1 aromatic carbocycles. The molecule has 0 aliphatic carbocycles. The van der Waals surface area contributed by atoms with Gasteiger partial charge in [-0.15, -0.1) is 0 Å². The van der Waals surface area contributed by atoms with Gasteiger partial charge in [0, 0.05) is 192 Å². The number of fused-ring (bicyclic) bond motifs is 1. The van der Waals surface area contributed by atoms with Gasteiger partial charge in [-0.05, 0) is 127 Å². The number of imidazole rings is 1. The lowest BCUT2D eigenvalue weighted by Crippen LogP contribution is -2.59. The van der Waals surface area contributed by atoms with Crippen LogP contribution in [0.3, 0.4) is 0 Å². The molecule has 140 heavy (non-hydrogen) atoms. The van der Waals surface area contributed by atoms with Crippen molar-refractivity contribution in [1.82, 2.24) is 115 Å². The number of benzene rings is 1. The number of amides is 21. The molecule has 0 fully saturated rings. The molecule has 782 valence electrons. The summed E-state index contributed by atoms with van der Waals surface area (Å²) in [6, 6.07) is -2.04. The van der Waals surface area contributed by atoms with E-state index in [-0.39, 0.29) is 180 Å². The van der Waals surface area contributed by atoms with Crippen LogP contribution in [0.4, 0.5) is 0 Å². The van der Waals surface area contributed by atoms with Crippen molar-refractivity contribution in [3.05, 3.63) is 54.2 Å². The third-order valence-corrected chi connectivity index (χ3v) is 22.0. The van der Waals surface area contributed by atoms with Crippen LogP contribution < -0.4 is 91.2 Å². The van der Waals surface area contributed by atoms with E-state index < -0.39 is 179 Å². The fourth-order valence-corrected chi connectivity index (χ4v) is 13.8. The first-order valence-electron chi connectivity index (χ1n) is 47.9. The summed E-state index contributed by atoms with van der Waals surface area (Å²) in [4.78, 5) is 280. The van der Waals surface area contributed by atoms with Gasteiger partial charge in [0.25, 0.3) is 0 Å². The number of carbonyl (C=O) groups is 21. The topological polar surface area (TPSA) is 729 Å². The first-order chi connectivity index (χ1) is 66.6. The van der Waals surface area contributed by atoms with Crippen LogP contribution >= 0.6 is 0 Å². The van der Waals surface area contributed by atoms with Crippen LogP contribution in [0, 0.1) is 11.8 Å². The SMILES string of the molecule is CCCC[C@H](NC(=O)[C@H](CC(C)C)NC(=O)[C@H](Cc1c[nH]cn1)NC(=O)CNC(=O)C(NC(=O)[C@H](C)NC(=O)[C@H](Cc1c[nH]c2ccccc12)NC(=O)[C@H](CCC(N)=O)NC(=O)CCNC(=O)CCNC(=O)CCNC(=O)CCC(=O)NCCCCCN(O)C(=O)CCC(=O)NCCCCCN(O)C(=O)CCC(=O)NCCCCCN(O)C(=O)CCC(=O)NCCCCCN(O)C(C)=O)C(C)C)C(N)=O. The summed E-state index contributed by atoms with van der Waals surface area (Å²) in [5, 5.41) is 81.7. The number of para-hydroxylation sites is 1. The van der Waals surface area contributed by atoms with Crippen LogP contribution in [-0.4, -0.2) is 301 Å². The van der Waals surface area contributed by atoms with Gasteiger partial charge >= 0.3 is 0 Å². The number of hydroxylamine groups is 8. The first kappa shape index (κ1) is 121. The van der Waals surface area contributed by atoms with E-state index in [1.165, 1.54) is 26.4 Å². The van der Waals surface area contributed by atoms with Gasteiger partial charge in [0.2, 0.25) is 124 Å². The maximum atomic E-state index is 14.4. The zero-order valence-electron chi connectivity index (χ0n) is 81.4. The van der Waals surface area contributed by atoms with Gasteiger partial charge in [0.1, 0.15) is 42.3 Å². The van der Waals surface area contributed by atoms with E-state index in [4.69, 9.17) is 11.5 Å². The summed E-state index contributed by atoms with van der Waals surface area (Å²) in [7, 11) is 0. The number of aromatic amines is 2. The number of hydrogen-bond donors (Lipinski definition) is 23. The molecule has 0 bridgehead atoms. The Hall–Kier alpha value is -13.3. The molecule has 3 aromatic rings. The van der Waals surface area contributed by atoms with Crippen LogP contribution in [0.1, 0.15) is 246 Å². The lowest BCUT2D eigenvalue weighted by molar-refractivity contribution is -0.166. The maximum absolute atomic E-state index is 14.4. The Morgan fingerprint density at radius 3 is 1.23 bits per heavy atom. The first-order valence-corrected chi connectivity index (χ1v) is 47.9. The lowest BCUT2D eigenvalue weighted by Gasteiger charge is -2.26. The van der Waals surface area contributed by atoms with Crippen LogP contribution in [0.5, 0.6) is 0 Å². The summed E-state index contributed by atoms with van der Waals surface area (Å²) in [5.74, 6) is -14.4. The van der Waals surface area contributed by atoms with Crippen molar-refractivity contribution in [1.29, 1.82) is 0 Å². The monoisotopic (exact) mass is 1980 g/mol. The van der Waals surface area contributed by atoms with Crippen LogP contribution in [0.2, 0.25) is 0 Å². The number of nitrogens with zero attached hydrogens (tertiary/aromatic N) is 5. The minimum atomic E-state index is -1.47. The Morgan fingerprint density at radius 2 is 0.786 bits per heavy atom. The molecule has 21 amide bonds. The number of rotatable bonds is 74. The van der Waals surface area contributed by atoms with Crippen molar-refractivity contribution in [2.45, 2.75) is 290 Å². The number of nitrogens with one attached hydrogen (secondary N) is 17. The predicted molar refractivity (Wildman–Crippen MR) is 505 cm³/mol. The maximum Gasteiger partial charge on any atom is 0.246 e. The molecule has 0 aliphatic rings. The van der Waals surface area contributed by atoms with Crippen molar-refractivity contribution < 1.29 is 122 Å². The molecule has 25 N–H and O–H groups in total. The highest BCUT2D eigenvalue weighted by molar-refractivity contribution is 5.99. The second-order valence-corrected chi connectivity index (χ2v) is 34.7. The van der Waals surface area contributed by atoms with Crippen molar-refractivity contribution in [2.75, 3.05) is 78.5 Å². The summed E-state index contributed by atoms with van der Waals surface area (Å²) in [6.45, 7) is 11.5. The molecule has 0 saturated carbocycles. The number of nitrogens with two attached hydrogens (primary N) is 2. The van der Waals surface area contributed by atoms with Gasteiger partial charge in [0.05, 0.1) is 18.6 Å². The normalized spacial score (nSPS) is 12.5. The van der Waals surface area contributed by atoms with Gasteiger partial charge < -0.3 is 101 Å². The fraction of sp³-hybridized carbons (Fsp3) is 0.648. The summed E-state index contributed by atoms with van der Waals surface area (Å²) in [5.41, 5.74) is 12.6. The highest BCUT2D eigenvalue weighted by Gasteiger charge is 2.35. The van der Waals surface area contributed by atoms with Crippen molar-refractivity contribution >= 4 is 135 Å². The largest absolute Gasteiger partial charge is 0.370 e. The van der Waals surface area contributed by atoms with Gasteiger partial charge in [0.15, 0.2) is 0 Å². The second kappa shape index (κ2) is 68.7. The number of carbonyl (C=O) groups excluding carboxylic acids is 21. The standard InChI is InChI=1S/C91H148N24O25/c1-8-9-25-66(85(93)130)108-89(134)68(51-58(2)3)109-90(135)70(53-63-55-94-57-104-63)107-80(126)56-103-91(136)84(59(4)5)111-86(131)60(6)105-88(133)69(52-62-54-102-65-26-15-14-24-64(62)65)110-87(132)67(27-28-71(92)117)106-79(125)39-46-101-78(124)38-45-100-77(123)37-44-99-73(119)30-29-72(118)95-40-17-11-21-48-113(138)82(128)35-32-75(121)97-42-19-13-23-50-115(140)83(129)36-33-76(122)98-43-18-12-22-49-114(139)81(127)34-31-74(120)96-41-16-10-20-47-112(137)61(7)116/h14-15,24,26,54-55,57-60,66-70,84,102,137-140H,8-13,16-23,25,27-53,56H2,1-7H3,(H2,92,117)(H2,93,130)(H,94,104)(H,95,118)(H,96,120)(H,97,121)(H,98,122)(H,99,119)(H,100,123)(H,101,124)(H,103,136)(H,105,133)(H,106,125)(H,107,126)(H,108,134)(H,109,135)(H,110,132)(H,111,131)/t60-,66-,67-,68-,69-,70-,84?/m0/s1.